The smallest absolute Gasteiger partial charge is 0.439 e. The quantitative estimate of drug-likeness (QED) is 0.248. The fourth-order valence-electron chi connectivity index (χ4n) is 1.49. The molecule has 120 valence electrons. The molecule has 0 fully saturated rings. The van der Waals surface area contributed by atoms with Gasteiger partial charge in [0.25, 0.3) is 0 Å². The van der Waals surface area contributed by atoms with E-state index in [2.05, 4.69) is 0 Å². The van der Waals surface area contributed by atoms with E-state index in [1.165, 1.54) is 0 Å². The molecule has 0 spiro atoms. The van der Waals surface area contributed by atoms with Crippen LogP contribution in [0.5, 0.6) is 0 Å². The normalized spacial score (nSPS) is 13.6. The number of hydrogen-bond acceptors (Lipinski definition) is 11. The summed E-state index contributed by atoms with van der Waals surface area (Å²) in [6.45, 7) is 0.548. The monoisotopic (exact) mass is 315 g/mol. The third kappa shape index (κ3) is 2.96. The van der Waals surface area contributed by atoms with Gasteiger partial charge in [-0.15, -0.1) is 0 Å². The van der Waals surface area contributed by atoms with Crippen LogP contribution in [0.25, 0.3) is 0 Å². The number of rotatable bonds is 3. The first-order valence-electron chi connectivity index (χ1n) is 4.67. The highest BCUT2D eigenvalue weighted by Gasteiger charge is 2.41. The lowest BCUT2D eigenvalue weighted by atomic mass is 10.3. The van der Waals surface area contributed by atoms with Gasteiger partial charge in [-0.2, -0.15) is 31.2 Å². The average Bonchev–Trinajstić information content (AvgIpc) is 2.17. The van der Waals surface area contributed by atoms with Crippen LogP contribution in [-0.2, 0) is 0 Å². The Hall–Kier alpha value is -1.80. The maximum Gasteiger partial charge on any atom is 0.439 e. The molecular weight excluding hydrogens is 306 g/mol. The molecule has 0 saturated heterocycles. The molecule has 16 nitrogen and oxygen atoms in total. The summed E-state index contributed by atoms with van der Waals surface area (Å²) in [4.78, 5) is 19.5. The molecule has 16 heteroatoms. The first-order valence-corrected chi connectivity index (χ1v) is 4.67. The summed E-state index contributed by atoms with van der Waals surface area (Å²) in [5.41, 5.74) is -5.62. The Kier molecular flexibility index (Phi) is 3.78. The molecule has 0 aliphatic rings. The summed E-state index contributed by atoms with van der Waals surface area (Å²) in [6, 6.07) is 0. The molecule has 0 aromatic carbocycles. The second-order valence-electron chi connectivity index (χ2n) is 3.73. The number of nitrogens with zero attached hydrogens (tertiary/aromatic N) is 5. The highest BCUT2D eigenvalue weighted by Crippen LogP contribution is 2.19. The van der Waals surface area contributed by atoms with Gasteiger partial charge in [0.05, 0.1) is 0 Å². The van der Waals surface area contributed by atoms with Crippen molar-refractivity contribution < 1.29 is 31.2 Å². The molecule has 0 aliphatic carbocycles. The average molecular weight is 315 g/mol. The summed E-state index contributed by atoms with van der Waals surface area (Å²) >= 11 is 0. The van der Waals surface area contributed by atoms with Gasteiger partial charge in [-0.05, 0) is 21.2 Å². The van der Waals surface area contributed by atoms with Crippen LogP contribution in [-0.4, -0.2) is 40.6 Å². The zero-order valence-electron chi connectivity index (χ0n) is 9.96. The SMILES string of the molecule is Cc1c([N+]([O-])(O)O)n([N+]([O-])(O)O)c(=O)n([N+]([O-])(O)O)c1=O. The van der Waals surface area contributed by atoms with Crippen molar-refractivity contribution in [3.63, 3.8) is 0 Å². The van der Waals surface area contributed by atoms with E-state index in [4.69, 9.17) is 31.2 Å². The van der Waals surface area contributed by atoms with E-state index in [-0.39, 0.29) is 0 Å². The molecule has 0 radical (unpaired) electrons. The maximum atomic E-state index is 11.6. The lowest BCUT2D eigenvalue weighted by molar-refractivity contribution is -0.355. The van der Waals surface area contributed by atoms with Crippen LogP contribution >= 0.6 is 0 Å². The summed E-state index contributed by atoms with van der Waals surface area (Å²) in [7, 11) is 0. The van der Waals surface area contributed by atoms with Crippen LogP contribution in [0.15, 0.2) is 9.59 Å². The Labute approximate surface area is 112 Å². The van der Waals surface area contributed by atoms with Gasteiger partial charge in [-0.3, -0.25) is 4.79 Å². The second-order valence-corrected chi connectivity index (χ2v) is 3.73. The van der Waals surface area contributed by atoms with Crippen LogP contribution in [0, 0.1) is 22.5 Å². The third-order valence-electron chi connectivity index (χ3n) is 2.21. The van der Waals surface area contributed by atoms with Crippen molar-refractivity contribution in [1.29, 1.82) is 0 Å². The van der Waals surface area contributed by atoms with E-state index in [0.29, 0.717) is 6.92 Å². The van der Waals surface area contributed by atoms with Gasteiger partial charge in [-0.1, -0.05) is 0 Å². The zero-order chi connectivity index (χ0) is 17.0. The topological polar surface area (TPSA) is 235 Å². The van der Waals surface area contributed by atoms with E-state index in [1.54, 1.807) is 0 Å². The van der Waals surface area contributed by atoms with Crippen molar-refractivity contribution in [2.75, 3.05) is 0 Å². The van der Waals surface area contributed by atoms with Crippen LogP contribution < -0.4 is 26.4 Å². The Balaban J connectivity index is 4.16. The fourth-order valence-corrected chi connectivity index (χ4v) is 1.49. The van der Waals surface area contributed by atoms with Crippen molar-refractivity contribution in [2.24, 2.45) is 0 Å². The molecule has 1 heterocycles. The van der Waals surface area contributed by atoms with E-state index >= 15 is 0 Å². The minimum Gasteiger partial charge on any atom is -0.558 e. The molecule has 1 rings (SSSR count). The standard InChI is InChI=1S/C5H9N5O11/c1-2-3(8(13,14)15)6(9(16,17)18)5(12)7(4(2)11)10(19,20)21/h13-14,16-17,19-20H,1H3. The van der Waals surface area contributed by atoms with Gasteiger partial charge in [0.2, 0.25) is 0 Å². The van der Waals surface area contributed by atoms with Crippen molar-refractivity contribution in [1.82, 2.24) is 24.5 Å². The highest BCUT2D eigenvalue weighted by molar-refractivity contribution is 5.39. The molecule has 0 aliphatic heterocycles. The van der Waals surface area contributed by atoms with Crippen molar-refractivity contribution >= 4 is 5.82 Å². The number of quaternary nitrogens is 3. The largest absolute Gasteiger partial charge is 0.558 e. The molecule has 1 aromatic rings. The Morgan fingerprint density at radius 2 is 1.24 bits per heavy atom. The van der Waals surface area contributed by atoms with E-state index < -0.39 is 47.1 Å². The number of aromatic nitrogens is 2. The van der Waals surface area contributed by atoms with Crippen LogP contribution in [0.1, 0.15) is 5.56 Å². The van der Waals surface area contributed by atoms with Crippen molar-refractivity contribution in [2.45, 2.75) is 6.92 Å². The third-order valence-corrected chi connectivity index (χ3v) is 2.21. The first-order chi connectivity index (χ1) is 9.10. The molecule has 0 amide bonds. The second kappa shape index (κ2) is 4.60. The van der Waals surface area contributed by atoms with Gasteiger partial charge in [0.1, 0.15) is 5.56 Å². The predicted molar refractivity (Wildman–Crippen MR) is 57.4 cm³/mol. The Bertz CT molecular complexity index is 669. The minimum atomic E-state index is -3.83. The van der Waals surface area contributed by atoms with Gasteiger partial charge in [0, 0.05) is 10.2 Å². The number of hydrogen-bond donors (Lipinski definition) is 6. The molecule has 0 atom stereocenters. The van der Waals surface area contributed by atoms with Gasteiger partial charge < -0.3 is 15.6 Å². The Morgan fingerprint density at radius 3 is 1.52 bits per heavy atom. The van der Waals surface area contributed by atoms with Crippen LogP contribution in [0.4, 0.5) is 5.82 Å². The van der Waals surface area contributed by atoms with Crippen molar-refractivity contribution in [3.05, 3.63) is 42.0 Å². The molecule has 0 unspecified atom stereocenters. The highest BCUT2D eigenvalue weighted by atomic mass is 17.1. The van der Waals surface area contributed by atoms with E-state index in [9.17, 15) is 25.2 Å². The molecular formula is C5H9N5O11. The lowest BCUT2D eigenvalue weighted by Crippen LogP contribution is -2.66. The molecule has 1 aromatic heterocycles. The van der Waals surface area contributed by atoms with Crippen LogP contribution in [0.3, 0.4) is 0 Å². The predicted octanol–water partition coefficient (Wildman–Crippen LogP) is -2.67. The maximum absolute atomic E-state index is 11.6. The molecule has 0 saturated carbocycles. The summed E-state index contributed by atoms with van der Waals surface area (Å²) in [5, 5.41) is 77.8. The molecule has 0 bridgehead atoms. The minimum absolute atomic E-state index is 0.548. The Morgan fingerprint density at radius 1 is 0.857 bits per heavy atom. The molecule has 21 heavy (non-hydrogen) atoms. The first kappa shape index (κ1) is 17.3. The fraction of sp³-hybridized carbons (Fsp3) is 0.200. The summed E-state index contributed by atoms with van der Waals surface area (Å²) < 4.78 is -2.13. The van der Waals surface area contributed by atoms with Gasteiger partial charge in [-0.25, -0.2) is 4.79 Å². The summed E-state index contributed by atoms with van der Waals surface area (Å²) in [5.74, 6) is -1.89. The zero-order valence-corrected chi connectivity index (χ0v) is 9.96. The molecule has 6 N–H and O–H groups in total. The van der Waals surface area contributed by atoms with Gasteiger partial charge in [0.15, 0.2) is 0 Å². The lowest BCUT2D eigenvalue weighted by Gasteiger charge is -2.32. The van der Waals surface area contributed by atoms with Crippen LogP contribution in [0.2, 0.25) is 0 Å². The van der Waals surface area contributed by atoms with E-state index in [1.807, 2.05) is 0 Å². The van der Waals surface area contributed by atoms with E-state index in [0.717, 1.165) is 0 Å². The van der Waals surface area contributed by atoms with Gasteiger partial charge >= 0.3 is 17.1 Å². The van der Waals surface area contributed by atoms with Crippen molar-refractivity contribution in [3.8, 4) is 0 Å². The summed E-state index contributed by atoms with van der Waals surface area (Å²) in [6.07, 6.45) is 0.